The summed E-state index contributed by atoms with van der Waals surface area (Å²) in [7, 11) is 0. The third-order valence-corrected chi connectivity index (χ3v) is 6.32. The molecule has 0 amide bonds. The van der Waals surface area contributed by atoms with E-state index in [1.165, 1.54) is 6.33 Å². The lowest BCUT2D eigenvalue weighted by atomic mass is 10.0. The number of nitrogens with one attached hydrogen (secondary N) is 1. The van der Waals surface area contributed by atoms with Crippen LogP contribution in [0.25, 0.3) is 22.2 Å². The minimum absolute atomic E-state index is 0. The molecule has 6 rings (SSSR count). The number of hydrogen-bond acceptors (Lipinski definition) is 6. The van der Waals surface area contributed by atoms with Gasteiger partial charge in [0.1, 0.15) is 29.9 Å². The van der Waals surface area contributed by atoms with Gasteiger partial charge in [-0.2, -0.15) is 18.6 Å². The Labute approximate surface area is 211 Å². The summed E-state index contributed by atoms with van der Waals surface area (Å²) in [6.07, 6.45) is 5.73. The number of hydrogen-bond donors (Lipinski definition) is 2. The zero-order valence-corrected chi connectivity index (χ0v) is 20.1. The molecule has 1 atom stereocenters. The largest absolute Gasteiger partial charge is 0.384 e. The van der Waals surface area contributed by atoms with Gasteiger partial charge in [-0.25, -0.2) is 14.5 Å². The summed E-state index contributed by atoms with van der Waals surface area (Å²) in [6.45, 7) is 0.485. The molecule has 5 aromatic rings. The number of anilines is 1. The number of aliphatic hydroxyl groups excluding tert-OH is 1. The van der Waals surface area contributed by atoms with Crippen molar-refractivity contribution in [1.82, 2.24) is 29.1 Å². The Hall–Kier alpha value is -3.78. The zero-order valence-electron chi connectivity index (χ0n) is 18.3. The van der Waals surface area contributed by atoms with Gasteiger partial charge >= 0.3 is 0 Å². The lowest BCUT2D eigenvalue weighted by Gasteiger charge is -2.42. The van der Waals surface area contributed by atoms with Gasteiger partial charge in [0.25, 0.3) is 5.56 Å². The molecule has 0 aliphatic carbocycles. The molecule has 0 saturated carbocycles. The van der Waals surface area contributed by atoms with E-state index in [-0.39, 0.29) is 31.7 Å². The molecule has 0 spiro atoms. The molecule has 1 aromatic carbocycles. The van der Waals surface area contributed by atoms with Crippen molar-refractivity contribution >= 4 is 47.5 Å². The molecule has 9 nitrogen and oxygen atoms in total. The fourth-order valence-corrected chi connectivity index (χ4v) is 4.62. The highest BCUT2D eigenvalue weighted by Gasteiger charge is 2.37. The predicted molar refractivity (Wildman–Crippen MR) is 139 cm³/mol. The van der Waals surface area contributed by atoms with Gasteiger partial charge in [-0.15, -0.1) is 0 Å². The van der Waals surface area contributed by atoms with Gasteiger partial charge in [-0.3, -0.25) is 9.36 Å². The smallest absolute Gasteiger partial charge is 0.284 e. The first-order valence-electron chi connectivity index (χ1n) is 10.7. The van der Waals surface area contributed by atoms with E-state index >= 15 is 0 Å². The number of rotatable bonds is 3. The van der Waals surface area contributed by atoms with E-state index in [0.29, 0.717) is 39.1 Å². The lowest BCUT2D eigenvalue weighted by molar-refractivity contribution is 0.350. The number of para-hydroxylation sites is 1. The molecule has 1 saturated heterocycles. The number of aromatic amines is 1. The highest BCUT2D eigenvalue weighted by molar-refractivity contribution is 7.59. The third-order valence-electron chi connectivity index (χ3n) is 6.02. The molecule has 1 aliphatic heterocycles. The van der Waals surface area contributed by atoms with Crippen molar-refractivity contribution in [3.63, 3.8) is 0 Å². The van der Waals surface area contributed by atoms with Crippen LogP contribution in [-0.4, -0.2) is 47.4 Å². The van der Waals surface area contributed by atoms with Gasteiger partial charge < -0.3 is 15.0 Å². The number of aromatic nitrogens is 6. The van der Waals surface area contributed by atoms with Gasteiger partial charge in [0.15, 0.2) is 5.82 Å². The van der Waals surface area contributed by atoms with Crippen LogP contribution in [0.4, 0.5) is 5.82 Å². The number of halogens is 1. The van der Waals surface area contributed by atoms with Crippen LogP contribution in [0, 0.1) is 11.8 Å². The van der Waals surface area contributed by atoms with Crippen LogP contribution in [0.15, 0.2) is 59.9 Å². The highest BCUT2D eigenvalue weighted by atomic mass is 35.5. The Kier molecular flexibility index (Phi) is 5.98. The SMILES string of the molecule is O=c1c2c(Cl)ccn2nc([C@@H]2CCN2c2ncnc3[nH]cc(C#CCO)c23)n1-c1ccccc1.S. The Balaban J connectivity index is 0.00000253. The summed E-state index contributed by atoms with van der Waals surface area (Å²) in [5.41, 5.74) is 2.16. The van der Waals surface area contributed by atoms with E-state index < -0.39 is 0 Å². The molecule has 176 valence electrons. The normalized spacial score (nSPS) is 14.9. The molecular formula is C24H20ClN7O2S. The van der Waals surface area contributed by atoms with E-state index in [9.17, 15) is 4.79 Å². The molecular weight excluding hydrogens is 486 g/mol. The highest BCUT2D eigenvalue weighted by Crippen LogP contribution is 2.39. The Morgan fingerprint density at radius 2 is 2.03 bits per heavy atom. The standard InChI is InChI=1S/C24H18ClN7O2.H2S/c25-17-8-11-31-20(17)24(34)32(16-6-2-1-3-7-16)22(29-31)18-9-10-30(18)23-19-15(5-4-12-33)13-26-21(19)27-14-28-23;/h1-3,6-8,11,13-14,18,33H,9-10,12H2,(H,26,27,28);1H2/t18-;/m0./s1. The Morgan fingerprint density at radius 1 is 1.20 bits per heavy atom. The number of fused-ring (bicyclic) bond motifs is 2. The van der Waals surface area contributed by atoms with Crippen molar-refractivity contribution in [2.45, 2.75) is 12.5 Å². The number of aliphatic hydroxyl groups is 1. The summed E-state index contributed by atoms with van der Waals surface area (Å²) in [5.74, 6) is 6.94. The fourth-order valence-electron chi connectivity index (χ4n) is 4.40. The molecule has 1 fully saturated rings. The first kappa shape index (κ1) is 23.0. The van der Waals surface area contributed by atoms with Crippen molar-refractivity contribution in [3.05, 3.63) is 81.9 Å². The van der Waals surface area contributed by atoms with Gasteiger partial charge in [0.05, 0.1) is 27.7 Å². The predicted octanol–water partition coefficient (Wildman–Crippen LogP) is 2.82. The molecule has 5 heterocycles. The van der Waals surface area contributed by atoms with Crippen LogP contribution in [0.1, 0.15) is 23.9 Å². The van der Waals surface area contributed by atoms with Crippen molar-refractivity contribution in [2.75, 3.05) is 18.1 Å². The number of H-pyrrole nitrogens is 1. The van der Waals surface area contributed by atoms with E-state index in [1.807, 2.05) is 30.3 Å². The molecule has 4 aromatic heterocycles. The van der Waals surface area contributed by atoms with E-state index in [0.717, 1.165) is 18.4 Å². The van der Waals surface area contributed by atoms with Crippen molar-refractivity contribution in [1.29, 1.82) is 0 Å². The summed E-state index contributed by atoms with van der Waals surface area (Å²) in [5, 5.41) is 15.1. The molecule has 11 heteroatoms. The maximum atomic E-state index is 13.6. The average molecular weight is 506 g/mol. The molecule has 0 radical (unpaired) electrons. The van der Waals surface area contributed by atoms with Crippen LogP contribution >= 0.6 is 25.1 Å². The average Bonchev–Trinajstić information content (AvgIpc) is 3.42. The number of benzene rings is 1. The first-order valence-corrected chi connectivity index (χ1v) is 11.1. The summed E-state index contributed by atoms with van der Waals surface area (Å²) < 4.78 is 3.17. The van der Waals surface area contributed by atoms with Gasteiger partial charge in [0, 0.05) is 18.9 Å². The second-order valence-electron chi connectivity index (χ2n) is 7.87. The van der Waals surface area contributed by atoms with Crippen LogP contribution in [-0.2, 0) is 0 Å². The molecule has 0 bridgehead atoms. The van der Waals surface area contributed by atoms with Gasteiger partial charge in [-0.1, -0.05) is 41.6 Å². The maximum Gasteiger partial charge on any atom is 0.284 e. The van der Waals surface area contributed by atoms with Crippen molar-refractivity contribution in [2.24, 2.45) is 0 Å². The Morgan fingerprint density at radius 3 is 2.77 bits per heavy atom. The minimum Gasteiger partial charge on any atom is -0.384 e. The van der Waals surface area contributed by atoms with E-state index in [1.54, 1.807) is 27.5 Å². The van der Waals surface area contributed by atoms with Crippen LogP contribution in [0.5, 0.6) is 0 Å². The maximum absolute atomic E-state index is 13.6. The fraction of sp³-hybridized carbons (Fsp3) is 0.167. The van der Waals surface area contributed by atoms with Crippen LogP contribution in [0.2, 0.25) is 5.02 Å². The second kappa shape index (κ2) is 9.11. The monoisotopic (exact) mass is 505 g/mol. The second-order valence-corrected chi connectivity index (χ2v) is 8.28. The summed E-state index contributed by atoms with van der Waals surface area (Å²) in [4.78, 5) is 27.7. The van der Waals surface area contributed by atoms with E-state index in [4.69, 9.17) is 21.8 Å². The van der Waals surface area contributed by atoms with Crippen LogP contribution < -0.4 is 10.5 Å². The minimum atomic E-state index is -0.241. The third kappa shape index (κ3) is 3.65. The molecule has 35 heavy (non-hydrogen) atoms. The molecule has 2 N–H and O–H groups in total. The van der Waals surface area contributed by atoms with Crippen molar-refractivity contribution in [3.8, 4) is 17.5 Å². The quantitative estimate of drug-likeness (QED) is 0.365. The lowest BCUT2D eigenvalue weighted by Crippen LogP contribution is -2.45. The molecule has 1 aliphatic rings. The summed E-state index contributed by atoms with van der Waals surface area (Å²) >= 11 is 6.32. The van der Waals surface area contributed by atoms with Gasteiger partial charge in [0.2, 0.25) is 0 Å². The molecule has 0 unspecified atom stereocenters. The van der Waals surface area contributed by atoms with Crippen LogP contribution in [0.3, 0.4) is 0 Å². The first-order chi connectivity index (χ1) is 16.7. The Bertz CT molecular complexity index is 1670. The van der Waals surface area contributed by atoms with Gasteiger partial charge in [-0.05, 0) is 24.6 Å². The van der Waals surface area contributed by atoms with Crippen molar-refractivity contribution < 1.29 is 5.11 Å². The topological polar surface area (TPSA) is 104 Å². The zero-order chi connectivity index (χ0) is 23.2. The summed E-state index contributed by atoms with van der Waals surface area (Å²) in [6, 6.07) is 10.9. The number of nitrogens with zero attached hydrogens (tertiary/aromatic N) is 6. The van der Waals surface area contributed by atoms with E-state index in [2.05, 4.69) is 31.7 Å².